The number of para-hydroxylation sites is 1. The second-order valence-corrected chi connectivity index (χ2v) is 7.34. The topological polar surface area (TPSA) is 15.3 Å². The highest BCUT2D eigenvalue weighted by molar-refractivity contribution is 9.10. The average molecular weight is 351 g/mol. The molecular weight excluding hydrogens is 332 g/mol. The molecule has 1 aromatic carbocycles. The number of thiophene rings is 1. The second-order valence-electron chi connectivity index (χ2n) is 5.43. The van der Waals surface area contributed by atoms with E-state index >= 15 is 0 Å². The summed E-state index contributed by atoms with van der Waals surface area (Å²) in [5.74, 6) is 0.640. The maximum Gasteiger partial charge on any atom is 0.0376 e. The monoisotopic (exact) mass is 350 g/mol. The van der Waals surface area contributed by atoms with Crippen molar-refractivity contribution < 1.29 is 0 Å². The molecule has 0 spiro atoms. The fraction of sp³-hybridized carbons (Fsp3) is 0.375. The first-order valence-corrected chi connectivity index (χ1v) is 8.64. The zero-order valence-corrected chi connectivity index (χ0v) is 14.0. The molecule has 1 aliphatic rings. The Hall–Kier alpha value is -0.840. The minimum atomic E-state index is 0.640. The summed E-state index contributed by atoms with van der Waals surface area (Å²) in [5, 5.41) is 5.65. The van der Waals surface area contributed by atoms with E-state index in [9.17, 15) is 0 Å². The molecule has 0 bridgehead atoms. The molecule has 4 heteroatoms. The van der Waals surface area contributed by atoms with E-state index in [1.807, 2.05) is 11.3 Å². The number of nitrogens with zero attached hydrogens (tertiary/aromatic N) is 1. The molecular formula is C16H19BrN2S. The Balaban J connectivity index is 1.66. The van der Waals surface area contributed by atoms with Crippen LogP contribution in [0.15, 0.2) is 40.2 Å². The Morgan fingerprint density at radius 1 is 1.40 bits per heavy atom. The molecule has 2 aromatic rings. The van der Waals surface area contributed by atoms with Crippen LogP contribution in [0.3, 0.4) is 0 Å². The van der Waals surface area contributed by atoms with Crippen molar-refractivity contribution in [2.24, 2.45) is 0 Å². The van der Waals surface area contributed by atoms with Crippen LogP contribution in [0.25, 0.3) is 0 Å². The maximum atomic E-state index is 3.53. The molecule has 20 heavy (non-hydrogen) atoms. The first-order valence-electron chi connectivity index (χ1n) is 6.96. The van der Waals surface area contributed by atoms with E-state index in [2.05, 4.69) is 68.9 Å². The first kappa shape index (κ1) is 14.1. The fourth-order valence-electron chi connectivity index (χ4n) is 2.88. The standard InChI is InChI=1S/C16H19BrN2S/c1-19(10-14-8-13(17)11-20-14)9-12-6-7-18-16-5-3-2-4-15(12)16/h2-5,8,11-12,18H,6-7,9-10H2,1H3. The Kier molecular flexibility index (Phi) is 4.44. The summed E-state index contributed by atoms with van der Waals surface area (Å²) in [6.45, 7) is 3.23. The van der Waals surface area contributed by atoms with Gasteiger partial charge in [-0.15, -0.1) is 11.3 Å². The van der Waals surface area contributed by atoms with Crippen LogP contribution in [0.4, 0.5) is 5.69 Å². The molecule has 0 amide bonds. The van der Waals surface area contributed by atoms with E-state index < -0.39 is 0 Å². The first-order chi connectivity index (χ1) is 9.72. The van der Waals surface area contributed by atoms with E-state index in [-0.39, 0.29) is 0 Å². The van der Waals surface area contributed by atoms with Gasteiger partial charge in [-0.05, 0) is 47.1 Å². The van der Waals surface area contributed by atoms with Crippen molar-refractivity contribution in [1.29, 1.82) is 0 Å². The number of hydrogen-bond donors (Lipinski definition) is 1. The molecule has 2 heterocycles. The summed E-state index contributed by atoms with van der Waals surface area (Å²) in [6.07, 6.45) is 1.22. The van der Waals surface area contributed by atoms with Crippen LogP contribution in [-0.4, -0.2) is 25.0 Å². The van der Waals surface area contributed by atoms with Gasteiger partial charge in [0.25, 0.3) is 0 Å². The van der Waals surface area contributed by atoms with Gasteiger partial charge in [0, 0.05) is 46.0 Å². The van der Waals surface area contributed by atoms with Gasteiger partial charge in [0.15, 0.2) is 0 Å². The number of likely N-dealkylation sites (N-methyl/N-ethyl adjacent to an activating group) is 1. The minimum absolute atomic E-state index is 0.640. The van der Waals surface area contributed by atoms with Gasteiger partial charge in [-0.3, -0.25) is 0 Å². The van der Waals surface area contributed by atoms with Crippen LogP contribution >= 0.6 is 27.3 Å². The van der Waals surface area contributed by atoms with Crippen LogP contribution in [0.1, 0.15) is 22.8 Å². The quantitative estimate of drug-likeness (QED) is 0.870. The molecule has 106 valence electrons. The summed E-state index contributed by atoms with van der Waals surface area (Å²) in [4.78, 5) is 3.85. The molecule has 0 saturated heterocycles. The van der Waals surface area contributed by atoms with Crippen molar-refractivity contribution in [2.45, 2.75) is 18.9 Å². The molecule has 0 aliphatic carbocycles. The number of rotatable bonds is 4. The van der Waals surface area contributed by atoms with Crippen molar-refractivity contribution in [3.05, 3.63) is 50.6 Å². The summed E-state index contributed by atoms with van der Waals surface area (Å²) >= 11 is 5.35. The van der Waals surface area contributed by atoms with Crippen molar-refractivity contribution in [3.63, 3.8) is 0 Å². The van der Waals surface area contributed by atoms with Crippen LogP contribution in [0.5, 0.6) is 0 Å². The number of benzene rings is 1. The van der Waals surface area contributed by atoms with Gasteiger partial charge in [0.05, 0.1) is 0 Å². The van der Waals surface area contributed by atoms with Crippen molar-refractivity contribution in [3.8, 4) is 0 Å². The van der Waals surface area contributed by atoms with Crippen LogP contribution in [0.2, 0.25) is 0 Å². The van der Waals surface area contributed by atoms with E-state index in [0.717, 1.165) is 19.6 Å². The van der Waals surface area contributed by atoms with E-state index in [4.69, 9.17) is 0 Å². The van der Waals surface area contributed by atoms with Gasteiger partial charge in [-0.1, -0.05) is 18.2 Å². The highest BCUT2D eigenvalue weighted by Gasteiger charge is 2.20. The third kappa shape index (κ3) is 3.25. The van der Waals surface area contributed by atoms with Crippen molar-refractivity contribution >= 4 is 33.0 Å². The van der Waals surface area contributed by atoms with E-state index in [1.54, 1.807) is 0 Å². The number of halogens is 1. The molecule has 1 atom stereocenters. The SMILES string of the molecule is CN(Cc1cc(Br)cs1)CC1CCNc2ccccc21. The molecule has 2 nitrogen and oxygen atoms in total. The van der Waals surface area contributed by atoms with Gasteiger partial charge < -0.3 is 10.2 Å². The molecule has 1 unspecified atom stereocenters. The molecule has 0 fully saturated rings. The Labute approximate surface area is 132 Å². The molecule has 1 aliphatic heterocycles. The molecule has 0 saturated carbocycles. The number of anilines is 1. The van der Waals surface area contributed by atoms with Gasteiger partial charge in [-0.25, -0.2) is 0 Å². The fourth-order valence-corrected chi connectivity index (χ4v) is 4.41. The molecule has 0 radical (unpaired) electrons. The summed E-state index contributed by atoms with van der Waals surface area (Å²) in [7, 11) is 2.22. The zero-order valence-electron chi connectivity index (χ0n) is 11.6. The Bertz CT molecular complexity index is 581. The molecule has 1 aromatic heterocycles. The van der Waals surface area contributed by atoms with Crippen LogP contribution in [0, 0.1) is 0 Å². The molecule has 3 rings (SSSR count). The van der Waals surface area contributed by atoms with E-state index in [1.165, 1.54) is 27.0 Å². The van der Waals surface area contributed by atoms with Crippen LogP contribution < -0.4 is 5.32 Å². The minimum Gasteiger partial charge on any atom is -0.385 e. The average Bonchev–Trinajstić information content (AvgIpc) is 2.84. The summed E-state index contributed by atoms with van der Waals surface area (Å²) in [5.41, 5.74) is 2.79. The largest absolute Gasteiger partial charge is 0.385 e. The maximum absolute atomic E-state index is 3.53. The Morgan fingerprint density at radius 2 is 2.25 bits per heavy atom. The van der Waals surface area contributed by atoms with E-state index in [0.29, 0.717) is 5.92 Å². The third-order valence-corrected chi connectivity index (χ3v) is 5.47. The number of hydrogen-bond acceptors (Lipinski definition) is 3. The van der Waals surface area contributed by atoms with Gasteiger partial charge in [0.2, 0.25) is 0 Å². The van der Waals surface area contributed by atoms with Gasteiger partial charge in [-0.2, -0.15) is 0 Å². The predicted octanol–water partition coefficient (Wildman–Crippen LogP) is 4.54. The summed E-state index contributed by atoms with van der Waals surface area (Å²) in [6, 6.07) is 10.9. The molecule has 1 N–H and O–H groups in total. The number of fused-ring (bicyclic) bond motifs is 1. The van der Waals surface area contributed by atoms with Crippen molar-refractivity contribution in [1.82, 2.24) is 4.90 Å². The number of nitrogens with one attached hydrogen (secondary N) is 1. The van der Waals surface area contributed by atoms with Gasteiger partial charge in [0.1, 0.15) is 0 Å². The van der Waals surface area contributed by atoms with Crippen LogP contribution in [-0.2, 0) is 6.54 Å². The lowest BCUT2D eigenvalue weighted by molar-refractivity contribution is 0.300. The lowest BCUT2D eigenvalue weighted by Gasteiger charge is -2.30. The third-order valence-electron chi connectivity index (χ3n) is 3.79. The Morgan fingerprint density at radius 3 is 3.05 bits per heavy atom. The lowest BCUT2D eigenvalue weighted by Crippen LogP contribution is -2.28. The summed E-state index contributed by atoms with van der Waals surface area (Å²) < 4.78 is 1.19. The smallest absolute Gasteiger partial charge is 0.0376 e. The highest BCUT2D eigenvalue weighted by atomic mass is 79.9. The lowest BCUT2D eigenvalue weighted by atomic mass is 9.90. The van der Waals surface area contributed by atoms with Crippen molar-refractivity contribution in [2.75, 3.05) is 25.5 Å². The normalized spacial score (nSPS) is 17.9. The van der Waals surface area contributed by atoms with Gasteiger partial charge >= 0.3 is 0 Å². The zero-order chi connectivity index (χ0) is 13.9. The predicted molar refractivity (Wildman–Crippen MR) is 90.6 cm³/mol. The highest BCUT2D eigenvalue weighted by Crippen LogP contribution is 2.32. The second kappa shape index (κ2) is 6.29.